The maximum absolute atomic E-state index is 15.2. The first-order valence-electron chi connectivity index (χ1n) is 36.0. The van der Waals surface area contributed by atoms with Crippen LogP contribution >= 0.6 is 0 Å². The number of aliphatic hydroxyl groups is 1. The second-order valence-electron chi connectivity index (χ2n) is 28.8. The molecule has 0 aromatic heterocycles. The Bertz CT molecular complexity index is 3640. The molecule has 2 saturated heterocycles. The molecule has 7 rings (SSSR count). The van der Waals surface area contributed by atoms with E-state index in [2.05, 4.69) is 21.3 Å². The average molecular weight is 1460 g/mol. The molecule has 15 atom stereocenters. The van der Waals surface area contributed by atoms with Gasteiger partial charge in [-0.15, -0.1) is 0 Å². The molecule has 2 heterocycles. The molecular weight excluding hydrogens is 1350 g/mol. The lowest BCUT2D eigenvalue weighted by Gasteiger charge is -2.43. The third-order valence-corrected chi connectivity index (χ3v) is 20.1. The fourth-order valence-corrected chi connectivity index (χ4v) is 15.0. The van der Waals surface area contributed by atoms with Crippen LogP contribution in [0.25, 0.3) is 11.1 Å². The number of hydrogen-bond acceptors (Lipinski definition) is 20. The number of fused-ring (bicyclic) bond motifs is 3. The van der Waals surface area contributed by atoms with E-state index < -0.39 is 139 Å². The molecule has 5 N–H and O–H groups in total. The van der Waals surface area contributed by atoms with E-state index in [1.165, 1.54) is 20.3 Å². The lowest BCUT2D eigenvalue weighted by molar-refractivity contribution is -0.922. The topological polar surface area (TPSA) is 329 Å². The molecule has 574 valence electrons. The van der Waals surface area contributed by atoms with Gasteiger partial charge in [-0.3, -0.25) is 38.4 Å². The molecule has 2 fully saturated rings. The summed E-state index contributed by atoms with van der Waals surface area (Å²) in [6, 6.07) is 25.9. The van der Waals surface area contributed by atoms with Crippen LogP contribution in [0.2, 0.25) is 0 Å². The highest BCUT2D eigenvalue weighted by molar-refractivity contribution is 5.93. The number of carbonyl (C=O) groups excluding carboxylic acids is 10. The van der Waals surface area contributed by atoms with Crippen molar-refractivity contribution in [1.29, 1.82) is 0 Å². The Morgan fingerprint density at radius 3 is 1.90 bits per heavy atom. The number of esters is 4. The van der Waals surface area contributed by atoms with Gasteiger partial charge in [-0.25, -0.2) is 9.59 Å². The van der Waals surface area contributed by atoms with Crippen molar-refractivity contribution in [1.82, 2.24) is 25.8 Å². The molecule has 2 aliphatic heterocycles. The molecule has 4 aromatic rings. The molecule has 3 unspecified atom stereocenters. The van der Waals surface area contributed by atoms with Crippen LogP contribution < -0.4 is 26.0 Å². The highest BCUT2D eigenvalue weighted by Gasteiger charge is 2.56. The van der Waals surface area contributed by atoms with Crippen molar-refractivity contribution < 1.29 is 100 Å². The third-order valence-electron chi connectivity index (χ3n) is 20.1. The molecule has 0 radical (unpaired) electrons. The number of methoxy groups -OCH3 is 3. The predicted octanol–water partition coefficient (Wildman–Crippen LogP) is 7.53. The van der Waals surface area contributed by atoms with Crippen molar-refractivity contribution >= 4 is 65.2 Å². The minimum absolute atomic E-state index is 0.00348. The number of aliphatic hydroxyl groups excluding tert-OH is 1. The Hall–Kier alpha value is -9.02. The van der Waals surface area contributed by atoms with Crippen molar-refractivity contribution in [3.63, 3.8) is 0 Å². The van der Waals surface area contributed by atoms with Crippen LogP contribution in [-0.2, 0) is 87.6 Å². The van der Waals surface area contributed by atoms with Gasteiger partial charge in [-0.1, -0.05) is 134 Å². The summed E-state index contributed by atoms with van der Waals surface area (Å²) in [6.07, 6.45) is -10.5. The number of nitrogens with zero attached hydrogens (tertiary/aromatic N) is 3. The number of amides is 6. The summed E-state index contributed by atoms with van der Waals surface area (Å²) in [5.74, 6) is -7.90. The molecule has 0 bridgehead atoms. The zero-order valence-electron chi connectivity index (χ0n) is 63.5. The monoisotopic (exact) mass is 1460 g/mol. The molecule has 27 heteroatoms. The normalized spacial score (nSPS) is 20.4. The largest absolute Gasteiger partial charge is 0.467 e. The minimum Gasteiger partial charge on any atom is -0.467 e. The van der Waals surface area contributed by atoms with Gasteiger partial charge >= 0.3 is 30.0 Å². The standard InChI is InChI=1S/C78H107N7O20/c1-18-45(6)65(61(97-15)40-63(90)84-38-26-33-59(84)68(98-16)46(7)73(92)80-47(8)67(91)52-27-20-19-21-28-52)83(12)75(94)64(43(2)3)82-74(93)66(44(4)5)85(13,14)41-51-34-35-60(104-77-72(103-50(11)88)70(102-49(10)87)69(101-48(9)86)71(105-77)76(95)99-17)58(39-51)81-62(89)36-37-79-78(96)100-42-57-55-31-24-22-29-53(55)54-30-23-25-32-56(54)57/h19-25,27-32,34-35,39,43-47,57,59,61,64-72,77,91H,18,26,33,36-38,40-42H2,1-17H3,(H3-,79,80,81,82,89,92,93,96)/p+1/t45-,46+,47+,59?,61+,64?,65-,66?,67+,68+,69-,70-,71-,72+,77+/m0/s1. The Labute approximate surface area is 615 Å². The fraction of sp³-hybridized carbons (Fsp3) is 0.564. The maximum Gasteiger partial charge on any atom is 0.407 e. The highest BCUT2D eigenvalue weighted by Crippen LogP contribution is 2.45. The van der Waals surface area contributed by atoms with Crippen molar-refractivity contribution in [3.8, 4) is 16.9 Å². The van der Waals surface area contributed by atoms with Crippen LogP contribution in [0.5, 0.6) is 5.75 Å². The van der Waals surface area contributed by atoms with Crippen molar-refractivity contribution in [2.24, 2.45) is 23.7 Å². The van der Waals surface area contributed by atoms with Gasteiger partial charge in [0.05, 0.1) is 75.7 Å². The van der Waals surface area contributed by atoms with E-state index in [0.717, 1.165) is 50.1 Å². The third kappa shape index (κ3) is 20.9. The van der Waals surface area contributed by atoms with Crippen molar-refractivity contribution in [2.75, 3.05) is 67.5 Å². The molecule has 3 aliphatic rings. The lowest BCUT2D eigenvalue weighted by Crippen LogP contribution is -2.64. The summed E-state index contributed by atoms with van der Waals surface area (Å²) in [6.45, 7) is 18.4. The lowest BCUT2D eigenvalue weighted by atomic mass is 9.89. The number of quaternary nitrogens is 1. The van der Waals surface area contributed by atoms with Crippen LogP contribution in [-0.4, -0.2) is 214 Å². The number of carbonyl (C=O) groups is 10. The smallest absolute Gasteiger partial charge is 0.407 e. The SMILES string of the molecule is CC[C@H](C)[C@@H]([C@@H](CC(=O)N1CCCC1[C@H](OC)[C@@H](C)C(=O)N[C@H](C)[C@@H](O)c1ccccc1)OC)N(C)C(=O)C(NC(=O)C(C(C)C)[N+](C)(C)Cc1ccc(O[C@@H]2O[C@H](C(=O)OC)[C@@H](OC(C)=O)[C@H](OC(C)=O)[C@H]2OC(C)=O)c(NC(=O)CCNC(=O)OCC2c3ccccc3-c3ccccc32)c1)C(C)C. The van der Waals surface area contributed by atoms with Gasteiger partial charge in [-0.05, 0) is 77.6 Å². The molecule has 1 aliphatic carbocycles. The zero-order chi connectivity index (χ0) is 77.3. The maximum atomic E-state index is 15.2. The van der Waals surface area contributed by atoms with E-state index in [1.54, 1.807) is 55.0 Å². The number of rotatable bonds is 34. The summed E-state index contributed by atoms with van der Waals surface area (Å²) in [7, 11) is 9.41. The fourth-order valence-electron chi connectivity index (χ4n) is 15.0. The number of likely N-dealkylation sites (N-methyl/N-ethyl adjacent to an activating group) is 2. The van der Waals surface area contributed by atoms with E-state index in [4.69, 9.17) is 42.6 Å². The van der Waals surface area contributed by atoms with Crippen LogP contribution in [0.4, 0.5) is 10.5 Å². The van der Waals surface area contributed by atoms with Crippen molar-refractivity contribution in [3.05, 3.63) is 119 Å². The van der Waals surface area contributed by atoms with Crippen LogP contribution in [0.15, 0.2) is 97.1 Å². The Morgan fingerprint density at radius 1 is 0.724 bits per heavy atom. The zero-order valence-corrected chi connectivity index (χ0v) is 63.5. The van der Waals surface area contributed by atoms with Crippen LogP contribution in [0, 0.1) is 23.7 Å². The summed E-state index contributed by atoms with van der Waals surface area (Å²) < 4.78 is 52.1. The predicted molar refractivity (Wildman–Crippen MR) is 387 cm³/mol. The first-order valence-corrected chi connectivity index (χ1v) is 36.0. The Kier molecular flexibility index (Phi) is 30.0. The number of likely N-dealkylation sites (tertiary alicyclic amines) is 1. The number of alkyl carbamates (subject to hydrolysis) is 1. The second-order valence-corrected chi connectivity index (χ2v) is 28.8. The number of hydrogen-bond donors (Lipinski definition) is 5. The first kappa shape index (κ1) is 83.3. The van der Waals surface area contributed by atoms with Gasteiger partial charge in [0.2, 0.25) is 36.0 Å². The first-order chi connectivity index (χ1) is 49.8. The number of benzene rings is 4. The minimum atomic E-state index is -1.82. The Balaban J connectivity index is 1.10. The van der Waals surface area contributed by atoms with E-state index >= 15 is 9.59 Å². The summed E-state index contributed by atoms with van der Waals surface area (Å²) >= 11 is 0. The van der Waals surface area contributed by atoms with Crippen LogP contribution in [0.1, 0.15) is 143 Å². The molecule has 0 saturated carbocycles. The number of nitrogens with one attached hydrogen (secondary N) is 4. The van der Waals surface area contributed by atoms with E-state index in [-0.39, 0.29) is 78.0 Å². The van der Waals surface area contributed by atoms with Gasteiger partial charge in [-0.2, -0.15) is 0 Å². The molecule has 0 spiro atoms. The summed E-state index contributed by atoms with van der Waals surface area (Å²) in [5, 5.41) is 22.6. The molecule has 6 amide bonds. The number of ether oxygens (including phenoxy) is 9. The highest BCUT2D eigenvalue weighted by atomic mass is 16.7. The number of anilines is 1. The van der Waals surface area contributed by atoms with Gasteiger partial charge in [0.15, 0.2) is 24.4 Å². The average Bonchev–Trinajstić information content (AvgIpc) is 1.73. The second kappa shape index (κ2) is 37.8. The summed E-state index contributed by atoms with van der Waals surface area (Å²) in [5.41, 5.74) is 5.33. The van der Waals surface area contributed by atoms with E-state index in [1.807, 2.05) is 122 Å². The molecule has 27 nitrogen and oxygen atoms in total. The summed E-state index contributed by atoms with van der Waals surface area (Å²) in [4.78, 5) is 141. The van der Waals surface area contributed by atoms with Gasteiger partial charge in [0, 0.05) is 78.9 Å². The molecule has 4 aromatic carbocycles. The van der Waals surface area contributed by atoms with Crippen molar-refractivity contribution in [2.45, 2.75) is 200 Å². The molecular formula is C78H108N7O20+. The van der Waals surface area contributed by atoms with Gasteiger partial charge in [0.25, 0.3) is 5.91 Å². The van der Waals surface area contributed by atoms with E-state index in [9.17, 15) is 43.5 Å². The van der Waals surface area contributed by atoms with Crippen LogP contribution in [0.3, 0.4) is 0 Å². The van der Waals surface area contributed by atoms with E-state index in [0.29, 0.717) is 36.9 Å². The quantitative estimate of drug-likeness (QED) is 0.0171. The Morgan fingerprint density at radius 2 is 1.32 bits per heavy atom. The van der Waals surface area contributed by atoms with Gasteiger partial charge < -0.3 is 83.3 Å². The molecule has 105 heavy (non-hydrogen) atoms. The van der Waals surface area contributed by atoms with Gasteiger partial charge in [0.1, 0.15) is 24.9 Å².